The normalized spacial score (nSPS) is 17.2. The molecule has 1 amide bonds. The molecule has 1 aromatic heterocycles. The van der Waals surface area contributed by atoms with Crippen molar-refractivity contribution in [3.05, 3.63) is 45.7 Å². The lowest BCUT2D eigenvalue weighted by Crippen LogP contribution is -2.32. The van der Waals surface area contributed by atoms with E-state index in [0.29, 0.717) is 12.3 Å². The molecule has 0 radical (unpaired) electrons. The van der Waals surface area contributed by atoms with E-state index in [-0.39, 0.29) is 11.9 Å². The molecule has 2 aromatic rings. The highest BCUT2D eigenvalue weighted by Crippen LogP contribution is 2.34. The Bertz CT molecular complexity index is 654. The van der Waals surface area contributed by atoms with Gasteiger partial charge in [0.1, 0.15) is 11.4 Å². The van der Waals surface area contributed by atoms with Crippen molar-refractivity contribution in [1.82, 2.24) is 15.5 Å². The van der Waals surface area contributed by atoms with Crippen LogP contribution in [0.25, 0.3) is 0 Å². The lowest BCUT2D eigenvalue weighted by atomic mass is 10.0. The molecule has 1 aliphatic rings. The first-order chi connectivity index (χ1) is 9.63. The van der Waals surface area contributed by atoms with Gasteiger partial charge in [0.25, 0.3) is 5.91 Å². The summed E-state index contributed by atoms with van der Waals surface area (Å²) >= 11 is 3.45. The Morgan fingerprint density at radius 2 is 2.35 bits per heavy atom. The van der Waals surface area contributed by atoms with Crippen LogP contribution in [-0.2, 0) is 0 Å². The van der Waals surface area contributed by atoms with Crippen LogP contribution in [0.15, 0.2) is 28.7 Å². The van der Waals surface area contributed by atoms with Gasteiger partial charge in [0.2, 0.25) is 0 Å². The Labute approximate surface area is 124 Å². The van der Waals surface area contributed by atoms with E-state index in [1.54, 1.807) is 6.07 Å². The molecule has 2 N–H and O–H groups in total. The summed E-state index contributed by atoms with van der Waals surface area (Å²) in [6.07, 6.45) is 0.749. The minimum absolute atomic E-state index is 0.0549. The number of nitrogens with zero attached hydrogens (tertiary/aromatic N) is 1. The van der Waals surface area contributed by atoms with E-state index in [0.717, 1.165) is 27.9 Å². The average Bonchev–Trinajstić information content (AvgIpc) is 2.86. The van der Waals surface area contributed by atoms with Gasteiger partial charge in [-0.1, -0.05) is 15.9 Å². The number of benzene rings is 1. The van der Waals surface area contributed by atoms with Crippen molar-refractivity contribution in [2.24, 2.45) is 0 Å². The predicted molar refractivity (Wildman–Crippen MR) is 77.8 cm³/mol. The zero-order valence-electron chi connectivity index (χ0n) is 10.9. The molecule has 0 saturated carbocycles. The third-order valence-electron chi connectivity index (χ3n) is 3.26. The van der Waals surface area contributed by atoms with Crippen molar-refractivity contribution in [2.75, 3.05) is 6.61 Å². The van der Waals surface area contributed by atoms with Gasteiger partial charge in [-0.2, -0.15) is 5.10 Å². The minimum atomic E-state index is -0.174. The van der Waals surface area contributed by atoms with Crippen LogP contribution in [0, 0.1) is 6.92 Å². The maximum absolute atomic E-state index is 12.2. The standard InChI is InChI=1S/C14H14BrN3O2/c1-8-6-12(18-17-8)14(19)16-11-4-5-20-13-3-2-9(15)7-10(11)13/h2-3,6-7,11H,4-5H2,1H3,(H,16,19)(H,17,18). The van der Waals surface area contributed by atoms with Gasteiger partial charge >= 0.3 is 0 Å². The van der Waals surface area contributed by atoms with Crippen LogP contribution in [0.3, 0.4) is 0 Å². The lowest BCUT2D eigenvalue weighted by molar-refractivity contribution is 0.0919. The van der Waals surface area contributed by atoms with Crippen LogP contribution in [0.2, 0.25) is 0 Å². The molecule has 2 heterocycles. The number of nitrogens with one attached hydrogen (secondary N) is 2. The van der Waals surface area contributed by atoms with E-state index in [9.17, 15) is 4.79 Å². The van der Waals surface area contributed by atoms with Gasteiger partial charge in [0.15, 0.2) is 0 Å². The number of aryl methyl sites for hydroxylation is 1. The van der Waals surface area contributed by atoms with E-state index in [2.05, 4.69) is 31.4 Å². The number of carbonyl (C=O) groups is 1. The van der Waals surface area contributed by atoms with E-state index in [1.165, 1.54) is 0 Å². The van der Waals surface area contributed by atoms with Gasteiger partial charge in [0, 0.05) is 22.2 Å². The van der Waals surface area contributed by atoms with Crippen molar-refractivity contribution in [3.8, 4) is 5.75 Å². The third kappa shape index (κ3) is 2.56. The van der Waals surface area contributed by atoms with Crippen molar-refractivity contribution in [2.45, 2.75) is 19.4 Å². The monoisotopic (exact) mass is 335 g/mol. The molecule has 0 bridgehead atoms. The van der Waals surface area contributed by atoms with Gasteiger partial charge in [-0.05, 0) is 31.2 Å². The Balaban J connectivity index is 1.82. The van der Waals surface area contributed by atoms with Gasteiger partial charge in [-0.15, -0.1) is 0 Å². The zero-order valence-corrected chi connectivity index (χ0v) is 12.5. The highest BCUT2D eigenvalue weighted by molar-refractivity contribution is 9.10. The van der Waals surface area contributed by atoms with E-state index in [1.807, 2.05) is 25.1 Å². The molecule has 1 aromatic carbocycles. The molecule has 1 aliphatic heterocycles. The number of hydrogen-bond acceptors (Lipinski definition) is 3. The molecular weight excluding hydrogens is 322 g/mol. The van der Waals surface area contributed by atoms with Gasteiger partial charge in [-0.3, -0.25) is 9.89 Å². The minimum Gasteiger partial charge on any atom is -0.493 e. The predicted octanol–water partition coefficient (Wildman–Crippen LogP) is 2.73. The van der Waals surface area contributed by atoms with Crippen molar-refractivity contribution >= 4 is 21.8 Å². The maximum atomic E-state index is 12.2. The molecular formula is C14H14BrN3O2. The van der Waals surface area contributed by atoms with Crippen LogP contribution in [-0.4, -0.2) is 22.7 Å². The van der Waals surface area contributed by atoms with E-state index < -0.39 is 0 Å². The summed E-state index contributed by atoms with van der Waals surface area (Å²) < 4.78 is 6.58. The van der Waals surface area contributed by atoms with Crippen molar-refractivity contribution in [1.29, 1.82) is 0 Å². The molecule has 0 spiro atoms. The second kappa shape index (κ2) is 5.28. The first-order valence-electron chi connectivity index (χ1n) is 6.38. The van der Waals surface area contributed by atoms with Crippen molar-refractivity contribution < 1.29 is 9.53 Å². The van der Waals surface area contributed by atoms with Gasteiger partial charge < -0.3 is 10.1 Å². The molecule has 0 aliphatic carbocycles. The Kier molecular flexibility index (Phi) is 3.48. The highest BCUT2D eigenvalue weighted by atomic mass is 79.9. The smallest absolute Gasteiger partial charge is 0.272 e. The van der Waals surface area contributed by atoms with E-state index >= 15 is 0 Å². The second-order valence-electron chi connectivity index (χ2n) is 4.78. The molecule has 1 unspecified atom stereocenters. The molecule has 6 heteroatoms. The number of aromatic amines is 1. The number of hydrogen-bond donors (Lipinski definition) is 2. The topological polar surface area (TPSA) is 67.0 Å². The summed E-state index contributed by atoms with van der Waals surface area (Å²) in [5, 5.41) is 9.76. The molecule has 104 valence electrons. The number of ether oxygens (including phenoxy) is 1. The number of aromatic nitrogens is 2. The maximum Gasteiger partial charge on any atom is 0.272 e. The summed E-state index contributed by atoms with van der Waals surface area (Å²) in [4.78, 5) is 12.2. The molecule has 0 saturated heterocycles. The SMILES string of the molecule is Cc1cc(C(=O)NC2CCOc3ccc(Br)cc32)n[nH]1. The molecule has 1 atom stereocenters. The van der Waals surface area contributed by atoms with Crippen LogP contribution >= 0.6 is 15.9 Å². The van der Waals surface area contributed by atoms with Crippen LogP contribution in [0.4, 0.5) is 0 Å². The highest BCUT2D eigenvalue weighted by Gasteiger charge is 2.24. The van der Waals surface area contributed by atoms with Crippen LogP contribution in [0.1, 0.15) is 34.2 Å². The zero-order chi connectivity index (χ0) is 14.1. The van der Waals surface area contributed by atoms with Gasteiger partial charge in [-0.25, -0.2) is 0 Å². The second-order valence-corrected chi connectivity index (χ2v) is 5.70. The van der Waals surface area contributed by atoms with Crippen LogP contribution in [0.5, 0.6) is 5.75 Å². The number of amides is 1. The molecule has 5 nitrogen and oxygen atoms in total. The number of fused-ring (bicyclic) bond motifs is 1. The Morgan fingerprint density at radius 3 is 3.10 bits per heavy atom. The van der Waals surface area contributed by atoms with Crippen molar-refractivity contribution in [3.63, 3.8) is 0 Å². The summed E-state index contributed by atoms with van der Waals surface area (Å²) in [5.41, 5.74) is 2.27. The Morgan fingerprint density at radius 1 is 1.50 bits per heavy atom. The summed E-state index contributed by atoms with van der Waals surface area (Å²) in [6.45, 7) is 2.46. The van der Waals surface area contributed by atoms with Gasteiger partial charge in [0.05, 0.1) is 12.6 Å². The Hall–Kier alpha value is -1.82. The number of halogens is 1. The molecule has 0 fully saturated rings. The fraction of sp³-hybridized carbons (Fsp3) is 0.286. The average molecular weight is 336 g/mol. The van der Waals surface area contributed by atoms with Crippen LogP contribution < -0.4 is 10.1 Å². The molecule has 20 heavy (non-hydrogen) atoms. The number of carbonyl (C=O) groups excluding carboxylic acids is 1. The lowest BCUT2D eigenvalue weighted by Gasteiger charge is -2.26. The number of rotatable bonds is 2. The molecule has 3 rings (SSSR count). The fourth-order valence-electron chi connectivity index (χ4n) is 2.28. The summed E-state index contributed by atoms with van der Waals surface area (Å²) in [6, 6.07) is 7.50. The van der Waals surface area contributed by atoms with E-state index in [4.69, 9.17) is 4.74 Å². The first kappa shape index (κ1) is 13.2. The summed E-state index contributed by atoms with van der Waals surface area (Å²) in [5.74, 6) is 0.648. The quantitative estimate of drug-likeness (QED) is 0.886. The number of H-pyrrole nitrogens is 1. The largest absolute Gasteiger partial charge is 0.493 e. The third-order valence-corrected chi connectivity index (χ3v) is 3.75. The summed E-state index contributed by atoms with van der Waals surface area (Å²) in [7, 11) is 0. The first-order valence-corrected chi connectivity index (χ1v) is 7.18. The fourth-order valence-corrected chi connectivity index (χ4v) is 2.66.